The van der Waals surface area contributed by atoms with Gasteiger partial charge in [0.2, 0.25) is 0 Å². The van der Waals surface area contributed by atoms with E-state index in [0.29, 0.717) is 35.0 Å². The monoisotopic (exact) mass is 523 g/mol. The summed E-state index contributed by atoms with van der Waals surface area (Å²) in [6, 6.07) is 17.9. The average Bonchev–Trinajstić information content (AvgIpc) is 3.20. The number of sulfonamides is 1. The van der Waals surface area contributed by atoms with Crippen LogP contribution in [0.15, 0.2) is 89.3 Å². The van der Waals surface area contributed by atoms with Crippen LogP contribution in [0.5, 0.6) is 11.5 Å². The molecule has 8 nitrogen and oxygen atoms in total. The lowest BCUT2D eigenvalue weighted by atomic mass is 10.2. The van der Waals surface area contributed by atoms with Crippen LogP contribution in [-0.4, -0.2) is 32.6 Å². The fourth-order valence-corrected chi connectivity index (χ4v) is 5.63. The van der Waals surface area contributed by atoms with Crippen LogP contribution in [0.1, 0.15) is 17.3 Å². The van der Waals surface area contributed by atoms with E-state index in [-0.39, 0.29) is 4.90 Å². The van der Waals surface area contributed by atoms with Crippen molar-refractivity contribution in [2.45, 2.75) is 18.4 Å². The Kier molecular flexibility index (Phi) is 7.56. The molecule has 0 atom stereocenters. The number of carbonyl (C=O) groups is 1. The molecule has 0 aliphatic rings. The molecule has 0 unspecified atom stereocenters. The molecule has 186 valence electrons. The molecule has 0 spiro atoms. The zero-order valence-corrected chi connectivity index (χ0v) is 21.4. The number of allylic oxidation sites excluding steroid dienone is 1. The maximum absolute atomic E-state index is 12.9. The molecule has 3 aromatic carbocycles. The maximum atomic E-state index is 12.9. The summed E-state index contributed by atoms with van der Waals surface area (Å²) >= 11 is 1.39. The quantitative estimate of drug-likeness (QED) is 0.317. The van der Waals surface area contributed by atoms with Gasteiger partial charge in [0.15, 0.2) is 4.80 Å². The number of carbonyl (C=O) groups excluding carboxylic acids is 1. The van der Waals surface area contributed by atoms with Gasteiger partial charge in [-0.15, -0.1) is 6.58 Å². The van der Waals surface area contributed by atoms with Crippen molar-refractivity contribution in [3.05, 3.63) is 89.7 Å². The summed E-state index contributed by atoms with van der Waals surface area (Å²) in [4.78, 5) is 17.9. The van der Waals surface area contributed by atoms with E-state index < -0.39 is 15.9 Å². The molecule has 1 heterocycles. The van der Waals surface area contributed by atoms with E-state index in [0.717, 1.165) is 16.0 Å². The van der Waals surface area contributed by atoms with Crippen molar-refractivity contribution in [3.63, 3.8) is 0 Å². The third-order valence-corrected chi connectivity index (χ3v) is 7.67. The average molecular weight is 524 g/mol. The number of rotatable bonds is 9. The molecule has 10 heteroatoms. The number of amides is 1. The Labute approximate surface area is 213 Å². The minimum absolute atomic E-state index is 0.0995. The standard InChI is InChI=1S/C26H25N3O5S2/c1-4-16-29-23-15-12-21(34-5-2)17-24(23)35-26(29)27-25(30)18-6-8-19(9-7-18)28-36(31,32)22-13-10-20(33-3)11-14-22/h4,6-15,17,28H,1,5,16H2,2-3H3. The fourth-order valence-electron chi connectivity index (χ4n) is 3.50. The topological polar surface area (TPSA) is 99.0 Å². The largest absolute Gasteiger partial charge is 0.497 e. The number of hydrogen-bond donors (Lipinski definition) is 1. The molecule has 4 aromatic rings. The Morgan fingerprint density at radius 2 is 1.78 bits per heavy atom. The van der Waals surface area contributed by atoms with E-state index in [2.05, 4.69) is 16.3 Å². The highest BCUT2D eigenvalue weighted by Crippen LogP contribution is 2.24. The molecule has 0 bridgehead atoms. The van der Waals surface area contributed by atoms with Crippen molar-refractivity contribution in [2.24, 2.45) is 4.99 Å². The van der Waals surface area contributed by atoms with Crippen LogP contribution in [0.3, 0.4) is 0 Å². The van der Waals surface area contributed by atoms with Crippen molar-refractivity contribution in [1.82, 2.24) is 4.57 Å². The van der Waals surface area contributed by atoms with E-state index in [1.807, 2.05) is 29.7 Å². The van der Waals surface area contributed by atoms with Gasteiger partial charge in [-0.3, -0.25) is 9.52 Å². The number of methoxy groups -OCH3 is 1. The predicted molar refractivity (Wildman–Crippen MR) is 141 cm³/mol. The molecule has 4 rings (SSSR count). The lowest BCUT2D eigenvalue weighted by Crippen LogP contribution is -2.16. The maximum Gasteiger partial charge on any atom is 0.279 e. The number of anilines is 1. The van der Waals surface area contributed by atoms with Gasteiger partial charge in [-0.25, -0.2) is 8.42 Å². The van der Waals surface area contributed by atoms with Gasteiger partial charge in [-0.1, -0.05) is 17.4 Å². The molecular weight excluding hydrogens is 498 g/mol. The van der Waals surface area contributed by atoms with Gasteiger partial charge in [0, 0.05) is 17.8 Å². The molecule has 36 heavy (non-hydrogen) atoms. The molecule has 0 aliphatic carbocycles. The number of ether oxygens (including phenoxy) is 2. The Bertz CT molecular complexity index is 1570. The van der Waals surface area contributed by atoms with Crippen molar-refractivity contribution in [2.75, 3.05) is 18.4 Å². The predicted octanol–water partition coefficient (Wildman–Crippen LogP) is 4.84. The van der Waals surface area contributed by atoms with Gasteiger partial charge in [-0.05, 0) is 73.7 Å². The zero-order valence-electron chi connectivity index (χ0n) is 19.8. The first-order valence-electron chi connectivity index (χ1n) is 11.1. The minimum atomic E-state index is -3.79. The molecule has 0 aliphatic heterocycles. The molecular formula is C26H25N3O5S2. The van der Waals surface area contributed by atoms with E-state index >= 15 is 0 Å². The summed E-state index contributed by atoms with van der Waals surface area (Å²) < 4.78 is 41.3. The van der Waals surface area contributed by atoms with E-state index in [1.165, 1.54) is 54.8 Å². The number of hydrogen-bond acceptors (Lipinski definition) is 6. The van der Waals surface area contributed by atoms with Crippen molar-refractivity contribution >= 4 is 43.2 Å². The van der Waals surface area contributed by atoms with Crippen molar-refractivity contribution in [1.29, 1.82) is 0 Å². The highest BCUT2D eigenvalue weighted by Gasteiger charge is 2.15. The van der Waals surface area contributed by atoms with Crippen LogP contribution in [0.2, 0.25) is 0 Å². The lowest BCUT2D eigenvalue weighted by molar-refractivity contribution is 0.0998. The summed E-state index contributed by atoms with van der Waals surface area (Å²) in [5, 5.41) is 0. The Balaban J connectivity index is 1.58. The van der Waals surface area contributed by atoms with Crippen molar-refractivity contribution < 1.29 is 22.7 Å². The lowest BCUT2D eigenvalue weighted by Gasteiger charge is -2.09. The summed E-state index contributed by atoms with van der Waals surface area (Å²) in [5.41, 5.74) is 1.59. The van der Waals surface area contributed by atoms with Crippen LogP contribution < -0.4 is 19.0 Å². The summed E-state index contributed by atoms with van der Waals surface area (Å²) in [5.74, 6) is 0.875. The van der Waals surface area contributed by atoms with Gasteiger partial charge >= 0.3 is 0 Å². The first-order valence-corrected chi connectivity index (χ1v) is 13.4. The number of fused-ring (bicyclic) bond motifs is 1. The first-order chi connectivity index (χ1) is 17.3. The molecule has 1 amide bonds. The third-order valence-electron chi connectivity index (χ3n) is 5.23. The van der Waals surface area contributed by atoms with Crippen LogP contribution >= 0.6 is 11.3 Å². The minimum Gasteiger partial charge on any atom is -0.497 e. The van der Waals surface area contributed by atoms with Gasteiger partial charge in [0.05, 0.1) is 28.8 Å². The van der Waals surface area contributed by atoms with E-state index in [4.69, 9.17) is 9.47 Å². The molecule has 0 radical (unpaired) electrons. The first kappa shape index (κ1) is 25.2. The Hall–Kier alpha value is -3.89. The van der Waals surface area contributed by atoms with Crippen LogP contribution in [-0.2, 0) is 16.6 Å². The SMILES string of the molecule is C=CCn1c(=NC(=O)c2ccc(NS(=O)(=O)c3ccc(OC)cc3)cc2)sc2cc(OCC)ccc21. The zero-order chi connectivity index (χ0) is 25.7. The summed E-state index contributed by atoms with van der Waals surface area (Å²) in [6.45, 7) is 6.78. The van der Waals surface area contributed by atoms with Crippen LogP contribution in [0.25, 0.3) is 10.2 Å². The van der Waals surface area contributed by atoms with E-state index in [9.17, 15) is 13.2 Å². The normalized spacial score (nSPS) is 11.9. The fraction of sp³-hybridized carbons (Fsp3) is 0.154. The van der Waals surface area contributed by atoms with E-state index in [1.54, 1.807) is 18.2 Å². The number of aromatic nitrogens is 1. The smallest absolute Gasteiger partial charge is 0.279 e. The van der Waals surface area contributed by atoms with Crippen LogP contribution in [0.4, 0.5) is 5.69 Å². The molecule has 0 saturated heterocycles. The summed E-state index contributed by atoms with van der Waals surface area (Å²) in [7, 11) is -2.28. The van der Waals surface area contributed by atoms with Gasteiger partial charge in [0.25, 0.3) is 15.9 Å². The summed E-state index contributed by atoms with van der Waals surface area (Å²) in [6.07, 6.45) is 1.75. The highest BCUT2D eigenvalue weighted by atomic mass is 32.2. The highest BCUT2D eigenvalue weighted by molar-refractivity contribution is 7.92. The second-order valence-corrected chi connectivity index (χ2v) is 10.3. The molecule has 0 saturated carbocycles. The third kappa shape index (κ3) is 5.50. The number of benzene rings is 3. The van der Waals surface area contributed by atoms with Crippen molar-refractivity contribution in [3.8, 4) is 11.5 Å². The van der Waals surface area contributed by atoms with Gasteiger partial charge < -0.3 is 14.0 Å². The second-order valence-electron chi connectivity index (χ2n) is 7.62. The Morgan fingerprint density at radius 1 is 1.08 bits per heavy atom. The molecule has 0 fully saturated rings. The molecule has 1 aromatic heterocycles. The second kappa shape index (κ2) is 10.8. The number of nitrogens with zero attached hydrogens (tertiary/aromatic N) is 2. The Morgan fingerprint density at radius 3 is 2.42 bits per heavy atom. The van der Waals surface area contributed by atoms with Gasteiger partial charge in [0.1, 0.15) is 11.5 Å². The molecule has 1 N–H and O–H groups in total. The number of thiazole rings is 1. The number of nitrogens with one attached hydrogen (secondary N) is 1. The van der Waals surface area contributed by atoms with Gasteiger partial charge in [-0.2, -0.15) is 4.99 Å². The van der Waals surface area contributed by atoms with Crippen LogP contribution in [0, 0.1) is 0 Å².